The molecule has 4 heterocycles. The van der Waals surface area contributed by atoms with Gasteiger partial charge < -0.3 is 9.32 Å². The normalized spacial score (nSPS) is 16.6. The van der Waals surface area contributed by atoms with Crippen molar-refractivity contribution in [3.8, 4) is 0 Å². The minimum Gasteiger partial charge on any atom is -0.435 e. The first kappa shape index (κ1) is 17.0. The fourth-order valence-corrected chi connectivity index (χ4v) is 4.32. The molecule has 28 heavy (non-hydrogen) atoms. The Balaban J connectivity index is 1.82. The Bertz CT molecular complexity index is 1210. The summed E-state index contributed by atoms with van der Waals surface area (Å²) in [5.74, 6) is 1.77. The summed E-state index contributed by atoms with van der Waals surface area (Å²) in [7, 11) is 0. The molecule has 6 heteroatoms. The fourth-order valence-electron chi connectivity index (χ4n) is 4.32. The van der Waals surface area contributed by atoms with E-state index in [2.05, 4.69) is 70.6 Å². The molecular formula is C22H23N5O. The van der Waals surface area contributed by atoms with Gasteiger partial charge in [-0.3, -0.25) is 4.90 Å². The van der Waals surface area contributed by atoms with Gasteiger partial charge in [0.05, 0.1) is 5.69 Å². The molecule has 142 valence electrons. The van der Waals surface area contributed by atoms with Crippen molar-refractivity contribution in [3.05, 3.63) is 47.9 Å². The van der Waals surface area contributed by atoms with Gasteiger partial charge in [-0.15, -0.1) is 0 Å². The molecule has 4 aromatic rings. The van der Waals surface area contributed by atoms with Crippen molar-refractivity contribution < 1.29 is 4.42 Å². The molecule has 0 N–H and O–H groups in total. The fraction of sp³-hybridized carbons (Fsp3) is 0.318. The Morgan fingerprint density at radius 2 is 1.68 bits per heavy atom. The highest BCUT2D eigenvalue weighted by Crippen LogP contribution is 2.46. The Hall–Kier alpha value is -3.15. The van der Waals surface area contributed by atoms with Gasteiger partial charge in [-0.1, -0.05) is 12.1 Å². The third kappa shape index (κ3) is 2.24. The number of hydrogen-bond acceptors (Lipinski definition) is 6. The lowest BCUT2D eigenvalue weighted by Gasteiger charge is -2.32. The number of hydrogen-bond donors (Lipinski definition) is 0. The molecule has 3 aromatic heterocycles. The molecule has 0 saturated heterocycles. The molecule has 0 amide bonds. The topological polar surface area (TPSA) is 58.3 Å². The van der Waals surface area contributed by atoms with E-state index in [4.69, 9.17) is 4.42 Å². The van der Waals surface area contributed by atoms with Crippen LogP contribution in [0.2, 0.25) is 0 Å². The SMILES string of the molecule is Cc1ccc2c(n1)oc1c(N3c4nccnc4N(C(C)C)C3C)c(C)ccc12. The molecule has 1 aromatic carbocycles. The minimum absolute atomic E-state index is 0.0737. The van der Waals surface area contributed by atoms with Crippen LogP contribution in [0, 0.1) is 13.8 Å². The van der Waals surface area contributed by atoms with Crippen LogP contribution in [0.25, 0.3) is 22.1 Å². The van der Waals surface area contributed by atoms with Gasteiger partial charge >= 0.3 is 0 Å². The number of furan rings is 1. The zero-order valence-electron chi connectivity index (χ0n) is 16.8. The van der Waals surface area contributed by atoms with Gasteiger partial charge in [-0.2, -0.15) is 0 Å². The third-order valence-electron chi connectivity index (χ3n) is 5.53. The lowest BCUT2D eigenvalue weighted by atomic mass is 10.1. The molecule has 1 aliphatic heterocycles. The summed E-state index contributed by atoms with van der Waals surface area (Å²) in [5.41, 5.74) is 4.64. The van der Waals surface area contributed by atoms with Crippen LogP contribution < -0.4 is 9.80 Å². The van der Waals surface area contributed by atoms with Gasteiger partial charge in [0, 0.05) is 34.9 Å². The van der Waals surface area contributed by atoms with Crippen LogP contribution in [0.3, 0.4) is 0 Å². The summed E-state index contributed by atoms with van der Waals surface area (Å²) in [6, 6.07) is 8.68. The quantitative estimate of drug-likeness (QED) is 0.487. The second-order valence-corrected chi connectivity index (χ2v) is 7.72. The number of pyridine rings is 1. The van der Waals surface area contributed by atoms with E-state index in [9.17, 15) is 0 Å². The number of benzene rings is 1. The highest BCUT2D eigenvalue weighted by atomic mass is 16.3. The smallest absolute Gasteiger partial charge is 0.227 e. The first-order valence-electron chi connectivity index (χ1n) is 9.65. The maximum atomic E-state index is 6.30. The molecule has 0 aliphatic carbocycles. The van der Waals surface area contributed by atoms with Crippen molar-refractivity contribution in [2.75, 3.05) is 9.80 Å². The second-order valence-electron chi connectivity index (χ2n) is 7.72. The highest BCUT2D eigenvalue weighted by molar-refractivity contribution is 6.09. The van der Waals surface area contributed by atoms with E-state index in [1.54, 1.807) is 12.4 Å². The summed E-state index contributed by atoms with van der Waals surface area (Å²) in [4.78, 5) is 18.4. The number of rotatable bonds is 2. The minimum atomic E-state index is 0.0737. The highest BCUT2D eigenvalue weighted by Gasteiger charge is 2.39. The van der Waals surface area contributed by atoms with Gasteiger partial charge in [0.1, 0.15) is 6.17 Å². The Morgan fingerprint density at radius 3 is 2.43 bits per heavy atom. The summed E-state index contributed by atoms with van der Waals surface area (Å²) in [6.07, 6.45) is 3.58. The van der Waals surface area contributed by atoms with Gasteiger partial charge in [0.2, 0.25) is 5.71 Å². The molecule has 0 radical (unpaired) electrons. The molecule has 0 bridgehead atoms. The predicted octanol–water partition coefficient (Wildman–Crippen LogP) is 5.10. The molecule has 1 aliphatic rings. The molecule has 0 fully saturated rings. The zero-order valence-corrected chi connectivity index (χ0v) is 16.8. The lowest BCUT2D eigenvalue weighted by Crippen LogP contribution is -2.42. The van der Waals surface area contributed by atoms with Crippen molar-refractivity contribution in [1.82, 2.24) is 15.0 Å². The maximum absolute atomic E-state index is 6.30. The van der Waals surface area contributed by atoms with E-state index in [1.807, 2.05) is 13.0 Å². The van der Waals surface area contributed by atoms with Crippen LogP contribution in [-0.4, -0.2) is 27.2 Å². The van der Waals surface area contributed by atoms with Crippen molar-refractivity contribution in [2.24, 2.45) is 0 Å². The van der Waals surface area contributed by atoms with Gasteiger partial charge in [-0.05, 0) is 52.3 Å². The molecule has 1 unspecified atom stereocenters. The van der Waals surface area contributed by atoms with Crippen LogP contribution in [0.4, 0.5) is 17.3 Å². The number of aryl methyl sites for hydroxylation is 2. The predicted molar refractivity (Wildman–Crippen MR) is 112 cm³/mol. The van der Waals surface area contributed by atoms with E-state index < -0.39 is 0 Å². The first-order chi connectivity index (χ1) is 13.5. The Kier molecular flexibility index (Phi) is 3.59. The zero-order chi connectivity index (χ0) is 19.6. The van der Waals surface area contributed by atoms with Crippen molar-refractivity contribution >= 4 is 39.4 Å². The van der Waals surface area contributed by atoms with E-state index in [1.165, 1.54) is 0 Å². The summed E-state index contributed by atoms with van der Waals surface area (Å²) < 4.78 is 6.30. The average Bonchev–Trinajstić information content (AvgIpc) is 3.16. The van der Waals surface area contributed by atoms with E-state index >= 15 is 0 Å². The molecule has 5 rings (SSSR count). The van der Waals surface area contributed by atoms with E-state index in [0.29, 0.717) is 11.8 Å². The van der Waals surface area contributed by atoms with Crippen LogP contribution in [0.5, 0.6) is 0 Å². The molecule has 1 atom stereocenters. The third-order valence-corrected chi connectivity index (χ3v) is 5.53. The first-order valence-corrected chi connectivity index (χ1v) is 9.65. The summed E-state index contributed by atoms with van der Waals surface area (Å²) in [5, 5.41) is 2.11. The van der Waals surface area contributed by atoms with Crippen molar-refractivity contribution in [1.29, 1.82) is 0 Å². The molecule has 6 nitrogen and oxygen atoms in total. The number of fused-ring (bicyclic) bond motifs is 4. The van der Waals surface area contributed by atoms with E-state index in [0.717, 1.165) is 44.9 Å². The average molecular weight is 373 g/mol. The lowest BCUT2D eigenvalue weighted by molar-refractivity contribution is 0.597. The molecule has 0 saturated carbocycles. The van der Waals surface area contributed by atoms with Crippen molar-refractivity contribution in [2.45, 2.75) is 46.8 Å². The van der Waals surface area contributed by atoms with Crippen LogP contribution in [0.15, 0.2) is 41.1 Å². The molecular weight excluding hydrogens is 350 g/mol. The Morgan fingerprint density at radius 1 is 0.964 bits per heavy atom. The van der Waals surface area contributed by atoms with Gasteiger partial charge in [0.15, 0.2) is 17.2 Å². The standard InChI is InChI=1S/C22H23N5O/c1-12(2)26-15(5)27(21-20(26)23-10-11-24-21)18-13(3)6-8-16-17-9-7-14(4)25-22(17)28-19(16)18/h6-12,15H,1-5H3. The van der Waals surface area contributed by atoms with Crippen LogP contribution in [-0.2, 0) is 0 Å². The summed E-state index contributed by atoms with van der Waals surface area (Å²) >= 11 is 0. The van der Waals surface area contributed by atoms with E-state index in [-0.39, 0.29) is 6.17 Å². The van der Waals surface area contributed by atoms with Crippen molar-refractivity contribution in [3.63, 3.8) is 0 Å². The van der Waals surface area contributed by atoms with Gasteiger partial charge in [0.25, 0.3) is 0 Å². The van der Waals surface area contributed by atoms with Crippen LogP contribution >= 0.6 is 0 Å². The number of aromatic nitrogens is 3. The second kappa shape index (κ2) is 5.92. The number of anilines is 3. The summed E-state index contributed by atoms with van der Waals surface area (Å²) in [6.45, 7) is 10.6. The number of nitrogens with zero attached hydrogens (tertiary/aromatic N) is 5. The maximum Gasteiger partial charge on any atom is 0.227 e. The molecule has 0 spiro atoms. The largest absolute Gasteiger partial charge is 0.435 e. The Labute approximate surface area is 163 Å². The van der Waals surface area contributed by atoms with Gasteiger partial charge in [-0.25, -0.2) is 15.0 Å². The monoisotopic (exact) mass is 373 g/mol. The van der Waals surface area contributed by atoms with Crippen LogP contribution in [0.1, 0.15) is 32.0 Å².